The Morgan fingerprint density at radius 2 is 1.67 bits per heavy atom. The fraction of sp³-hybridized carbons (Fsp3) is 0.125. The maximum atomic E-state index is 12.5. The zero-order valence-electron chi connectivity index (χ0n) is 11.1. The van der Waals surface area contributed by atoms with Crippen molar-refractivity contribution in [2.75, 3.05) is 5.73 Å². The second kappa shape index (κ2) is 4.84. The summed E-state index contributed by atoms with van der Waals surface area (Å²) in [6.07, 6.45) is -2.39. The molecule has 3 aromatic rings. The molecule has 1 heterocycles. The average Bonchev–Trinajstić information content (AvgIpc) is 2.81. The Kier molecular flexibility index (Phi) is 3.12. The molecule has 2 aromatic carbocycles. The van der Waals surface area contributed by atoms with Crippen LogP contribution in [0, 0.1) is 0 Å². The Morgan fingerprint density at radius 3 is 2.33 bits per heavy atom. The molecule has 2 N–H and O–H groups in total. The van der Waals surface area contributed by atoms with E-state index in [2.05, 4.69) is 0 Å². The molecule has 0 aliphatic carbocycles. The summed E-state index contributed by atoms with van der Waals surface area (Å²) in [6.45, 7) is 0.505. The Labute approximate surface area is 119 Å². The van der Waals surface area contributed by atoms with Gasteiger partial charge in [-0.3, -0.25) is 0 Å². The molecule has 0 unspecified atom stereocenters. The highest BCUT2D eigenvalue weighted by Crippen LogP contribution is 2.29. The number of hydrogen-bond acceptors (Lipinski definition) is 1. The third kappa shape index (κ3) is 2.72. The number of aromatic nitrogens is 1. The fourth-order valence-electron chi connectivity index (χ4n) is 2.33. The molecule has 3 rings (SSSR count). The summed E-state index contributed by atoms with van der Waals surface area (Å²) in [7, 11) is 0. The minimum absolute atomic E-state index is 0.505. The smallest absolute Gasteiger partial charge is 0.399 e. The molecule has 21 heavy (non-hydrogen) atoms. The molecule has 1 aromatic heterocycles. The summed E-state index contributed by atoms with van der Waals surface area (Å²) in [6, 6.07) is 12.8. The van der Waals surface area contributed by atoms with E-state index in [4.69, 9.17) is 5.73 Å². The van der Waals surface area contributed by atoms with E-state index < -0.39 is 11.7 Å². The molecule has 5 heteroatoms. The lowest BCUT2D eigenvalue weighted by molar-refractivity contribution is -0.137. The topological polar surface area (TPSA) is 30.9 Å². The third-order valence-corrected chi connectivity index (χ3v) is 3.43. The van der Waals surface area contributed by atoms with Gasteiger partial charge in [-0.15, -0.1) is 0 Å². The first-order valence-corrected chi connectivity index (χ1v) is 6.44. The normalized spacial score (nSPS) is 12.0. The van der Waals surface area contributed by atoms with E-state index in [0.717, 1.165) is 28.6 Å². The van der Waals surface area contributed by atoms with Crippen LogP contribution in [0.25, 0.3) is 10.9 Å². The van der Waals surface area contributed by atoms with Crippen molar-refractivity contribution in [2.45, 2.75) is 12.7 Å². The van der Waals surface area contributed by atoms with Crippen molar-refractivity contribution >= 4 is 16.6 Å². The minimum atomic E-state index is -4.30. The van der Waals surface area contributed by atoms with Gasteiger partial charge in [-0.05, 0) is 41.3 Å². The van der Waals surface area contributed by atoms with Gasteiger partial charge in [0.15, 0.2) is 0 Å². The SMILES string of the molecule is Nc1ccc2ccn(Cc3ccc(C(F)(F)F)cc3)c2c1. The molecule has 0 amide bonds. The summed E-state index contributed by atoms with van der Waals surface area (Å²) in [5.41, 5.74) is 7.58. The largest absolute Gasteiger partial charge is 0.416 e. The molecule has 0 fully saturated rings. The molecule has 2 nitrogen and oxygen atoms in total. The van der Waals surface area contributed by atoms with Crippen LogP contribution in [0.2, 0.25) is 0 Å². The third-order valence-electron chi connectivity index (χ3n) is 3.43. The van der Waals surface area contributed by atoms with Crippen molar-refractivity contribution in [3.05, 3.63) is 65.9 Å². The maximum absolute atomic E-state index is 12.5. The van der Waals surface area contributed by atoms with Crippen molar-refractivity contribution in [1.82, 2.24) is 4.57 Å². The zero-order chi connectivity index (χ0) is 15.0. The molecule has 0 bridgehead atoms. The molecule has 108 valence electrons. The van der Waals surface area contributed by atoms with Crippen molar-refractivity contribution in [3.8, 4) is 0 Å². The quantitative estimate of drug-likeness (QED) is 0.701. The van der Waals surface area contributed by atoms with Gasteiger partial charge in [0.25, 0.3) is 0 Å². The monoisotopic (exact) mass is 290 g/mol. The van der Waals surface area contributed by atoms with Crippen LogP contribution in [0.4, 0.5) is 18.9 Å². The Bertz CT molecular complexity index is 770. The summed E-state index contributed by atoms with van der Waals surface area (Å²) in [5, 5.41) is 1.05. The van der Waals surface area contributed by atoms with Gasteiger partial charge >= 0.3 is 6.18 Å². The standard InChI is InChI=1S/C16H13F3N2/c17-16(18,19)13-4-1-11(2-5-13)10-21-8-7-12-3-6-14(20)9-15(12)21/h1-9H,10,20H2. The average molecular weight is 290 g/mol. The van der Waals surface area contributed by atoms with Gasteiger partial charge in [-0.1, -0.05) is 18.2 Å². The Balaban J connectivity index is 1.90. The molecule has 0 saturated carbocycles. The Morgan fingerprint density at radius 1 is 0.952 bits per heavy atom. The van der Waals surface area contributed by atoms with E-state index in [0.29, 0.717) is 12.2 Å². The molecule has 0 saturated heterocycles. The zero-order valence-corrected chi connectivity index (χ0v) is 11.1. The molecule has 0 spiro atoms. The van der Waals surface area contributed by atoms with Gasteiger partial charge in [-0.25, -0.2) is 0 Å². The fourth-order valence-corrected chi connectivity index (χ4v) is 2.33. The van der Waals surface area contributed by atoms with Gasteiger partial charge in [0, 0.05) is 18.4 Å². The summed E-state index contributed by atoms with van der Waals surface area (Å²) in [4.78, 5) is 0. The second-order valence-electron chi connectivity index (χ2n) is 4.96. The number of rotatable bonds is 2. The summed E-state index contributed by atoms with van der Waals surface area (Å²) in [5.74, 6) is 0. The summed E-state index contributed by atoms with van der Waals surface area (Å²) < 4.78 is 39.6. The van der Waals surface area contributed by atoms with Crippen LogP contribution in [-0.2, 0) is 12.7 Å². The van der Waals surface area contributed by atoms with Crippen molar-refractivity contribution in [2.24, 2.45) is 0 Å². The van der Waals surface area contributed by atoms with Gasteiger partial charge in [0.05, 0.1) is 11.1 Å². The number of hydrogen-bond donors (Lipinski definition) is 1. The molecule has 0 aliphatic rings. The molecule has 0 radical (unpaired) electrons. The lowest BCUT2D eigenvalue weighted by Gasteiger charge is -2.09. The number of nitrogens with two attached hydrogens (primary N) is 1. The van der Waals surface area contributed by atoms with Crippen molar-refractivity contribution < 1.29 is 13.2 Å². The van der Waals surface area contributed by atoms with Crippen molar-refractivity contribution in [1.29, 1.82) is 0 Å². The van der Waals surface area contributed by atoms with Gasteiger partial charge in [-0.2, -0.15) is 13.2 Å². The van der Waals surface area contributed by atoms with Crippen LogP contribution in [0.3, 0.4) is 0 Å². The lowest BCUT2D eigenvalue weighted by atomic mass is 10.1. The van der Waals surface area contributed by atoms with E-state index in [9.17, 15) is 13.2 Å². The van der Waals surface area contributed by atoms with E-state index in [1.165, 1.54) is 12.1 Å². The van der Waals surface area contributed by atoms with Gasteiger partial charge in [0.2, 0.25) is 0 Å². The van der Waals surface area contributed by atoms with Crippen molar-refractivity contribution in [3.63, 3.8) is 0 Å². The maximum Gasteiger partial charge on any atom is 0.416 e. The second-order valence-corrected chi connectivity index (χ2v) is 4.96. The van der Waals surface area contributed by atoms with Crippen LogP contribution in [-0.4, -0.2) is 4.57 Å². The van der Waals surface area contributed by atoms with Crippen LogP contribution >= 0.6 is 0 Å². The highest BCUT2D eigenvalue weighted by Gasteiger charge is 2.29. The number of anilines is 1. The highest BCUT2D eigenvalue weighted by molar-refractivity contribution is 5.83. The molecule has 0 atom stereocenters. The first kappa shape index (κ1) is 13.5. The van der Waals surface area contributed by atoms with Crippen LogP contribution in [0.15, 0.2) is 54.7 Å². The lowest BCUT2D eigenvalue weighted by Crippen LogP contribution is -2.05. The Hall–Kier alpha value is -2.43. The van der Waals surface area contributed by atoms with E-state index >= 15 is 0 Å². The number of halogens is 3. The van der Waals surface area contributed by atoms with Crippen LogP contribution in [0.1, 0.15) is 11.1 Å². The van der Waals surface area contributed by atoms with E-state index in [-0.39, 0.29) is 0 Å². The molecular weight excluding hydrogens is 277 g/mol. The first-order valence-electron chi connectivity index (χ1n) is 6.44. The molecular formula is C16H13F3N2. The number of nitrogen functional groups attached to an aromatic ring is 1. The molecule has 0 aliphatic heterocycles. The predicted molar refractivity (Wildman–Crippen MR) is 76.9 cm³/mol. The number of alkyl halides is 3. The first-order chi connectivity index (χ1) is 9.93. The highest BCUT2D eigenvalue weighted by atomic mass is 19.4. The van der Waals surface area contributed by atoms with E-state index in [1.807, 2.05) is 35.0 Å². The summed E-state index contributed by atoms with van der Waals surface area (Å²) >= 11 is 0. The minimum Gasteiger partial charge on any atom is -0.399 e. The van der Waals surface area contributed by atoms with Crippen LogP contribution in [0.5, 0.6) is 0 Å². The number of nitrogens with zero attached hydrogens (tertiary/aromatic N) is 1. The number of benzene rings is 2. The number of fused-ring (bicyclic) bond motifs is 1. The van der Waals surface area contributed by atoms with Crippen LogP contribution < -0.4 is 5.73 Å². The predicted octanol–water partition coefficient (Wildman–Crippen LogP) is 4.29. The van der Waals surface area contributed by atoms with Gasteiger partial charge in [0.1, 0.15) is 0 Å². The van der Waals surface area contributed by atoms with Gasteiger partial charge < -0.3 is 10.3 Å². The van der Waals surface area contributed by atoms with E-state index in [1.54, 1.807) is 0 Å².